The summed E-state index contributed by atoms with van der Waals surface area (Å²) < 4.78 is 5.30. The Balaban J connectivity index is 1.82. The smallest absolute Gasteiger partial charge is 0.231 e. The van der Waals surface area contributed by atoms with Crippen LogP contribution in [-0.4, -0.2) is 51.2 Å². The van der Waals surface area contributed by atoms with Crippen molar-refractivity contribution in [3.8, 4) is 0 Å². The number of anilines is 2. The van der Waals surface area contributed by atoms with E-state index in [9.17, 15) is 0 Å². The second-order valence-electron chi connectivity index (χ2n) is 3.87. The van der Waals surface area contributed by atoms with Crippen molar-refractivity contribution in [2.45, 2.75) is 10.3 Å². The number of rotatable bonds is 3. The lowest BCUT2D eigenvalue weighted by atomic mass is 10.4. The summed E-state index contributed by atoms with van der Waals surface area (Å²) in [6.45, 7) is 2.86. The molecule has 1 aliphatic heterocycles. The summed E-state index contributed by atoms with van der Waals surface area (Å²) in [6, 6.07) is 0. The molecule has 3 N–H and O–H groups in total. The van der Waals surface area contributed by atoms with Gasteiger partial charge >= 0.3 is 0 Å². The van der Waals surface area contributed by atoms with E-state index in [-0.39, 0.29) is 5.95 Å². The van der Waals surface area contributed by atoms with Gasteiger partial charge in [0.05, 0.1) is 13.2 Å². The maximum atomic E-state index is 5.73. The van der Waals surface area contributed by atoms with Gasteiger partial charge in [0, 0.05) is 25.5 Å². The average Bonchev–Trinajstić information content (AvgIpc) is 2.92. The molecular weight excluding hydrogens is 266 g/mol. The molecule has 0 amide bonds. The van der Waals surface area contributed by atoms with E-state index in [1.54, 1.807) is 12.4 Å². The lowest BCUT2D eigenvalue weighted by molar-refractivity contribution is 0.122. The third-order valence-electron chi connectivity index (χ3n) is 2.58. The van der Waals surface area contributed by atoms with E-state index in [0.717, 1.165) is 18.2 Å². The van der Waals surface area contributed by atoms with Crippen LogP contribution in [0.5, 0.6) is 0 Å². The monoisotopic (exact) mass is 279 g/mol. The Labute approximate surface area is 113 Å². The lowest BCUT2D eigenvalue weighted by Crippen LogP contribution is -2.37. The highest BCUT2D eigenvalue weighted by Gasteiger charge is 2.16. The van der Waals surface area contributed by atoms with Gasteiger partial charge in [0.1, 0.15) is 0 Å². The molecule has 1 fully saturated rings. The number of aromatic amines is 1. The molecule has 3 heterocycles. The minimum atomic E-state index is 0.213. The van der Waals surface area contributed by atoms with E-state index >= 15 is 0 Å². The molecule has 3 rings (SSSR count). The second-order valence-corrected chi connectivity index (χ2v) is 4.83. The summed E-state index contributed by atoms with van der Waals surface area (Å²) in [7, 11) is 0. The van der Waals surface area contributed by atoms with Crippen molar-refractivity contribution in [3.63, 3.8) is 0 Å². The molecule has 0 aromatic carbocycles. The summed E-state index contributed by atoms with van der Waals surface area (Å²) in [5.74, 6) is 0.801. The first-order chi connectivity index (χ1) is 9.31. The average molecular weight is 279 g/mol. The van der Waals surface area contributed by atoms with E-state index in [0.29, 0.717) is 24.3 Å². The van der Waals surface area contributed by atoms with Crippen LogP contribution < -0.4 is 10.6 Å². The molecule has 0 aliphatic carbocycles. The van der Waals surface area contributed by atoms with Crippen LogP contribution in [-0.2, 0) is 4.74 Å². The number of ether oxygens (including phenoxy) is 1. The zero-order valence-electron chi connectivity index (χ0n) is 10.1. The number of nitrogens with two attached hydrogens (primary N) is 1. The van der Waals surface area contributed by atoms with Crippen molar-refractivity contribution in [1.29, 1.82) is 0 Å². The van der Waals surface area contributed by atoms with Crippen LogP contribution in [0.4, 0.5) is 11.9 Å². The molecule has 0 bridgehead atoms. The Bertz CT molecular complexity index is 541. The molecule has 2 aromatic rings. The van der Waals surface area contributed by atoms with Gasteiger partial charge in [0.25, 0.3) is 0 Å². The van der Waals surface area contributed by atoms with Crippen LogP contribution in [0.3, 0.4) is 0 Å². The maximum Gasteiger partial charge on any atom is 0.231 e. The summed E-state index contributed by atoms with van der Waals surface area (Å²) in [5.41, 5.74) is 5.73. The van der Waals surface area contributed by atoms with E-state index < -0.39 is 0 Å². The zero-order chi connectivity index (χ0) is 13.1. The summed E-state index contributed by atoms with van der Waals surface area (Å²) >= 11 is 1.32. The molecule has 1 aliphatic rings. The molecule has 0 unspecified atom stereocenters. The molecule has 9 heteroatoms. The van der Waals surface area contributed by atoms with Gasteiger partial charge in [-0.2, -0.15) is 15.0 Å². The van der Waals surface area contributed by atoms with Crippen LogP contribution in [0, 0.1) is 0 Å². The Morgan fingerprint density at radius 2 is 2.11 bits per heavy atom. The number of hydrogen-bond acceptors (Lipinski definition) is 8. The standard InChI is InChI=1S/C10H13N7OS/c11-7-14-8(17-3-5-18-6-4-17)16-10(15-7)19-9-12-1-2-13-9/h1-2H,3-6H2,(H,12,13)(H2,11,14,15,16). The van der Waals surface area contributed by atoms with Gasteiger partial charge in [-0.3, -0.25) is 0 Å². The van der Waals surface area contributed by atoms with Gasteiger partial charge in [0.15, 0.2) is 5.16 Å². The summed E-state index contributed by atoms with van der Waals surface area (Å²) in [6.07, 6.45) is 3.42. The van der Waals surface area contributed by atoms with Gasteiger partial charge < -0.3 is 20.4 Å². The molecule has 100 valence electrons. The Hall–Kier alpha value is -1.87. The fraction of sp³-hybridized carbons (Fsp3) is 0.400. The first-order valence-electron chi connectivity index (χ1n) is 5.83. The lowest BCUT2D eigenvalue weighted by Gasteiger charge is -2.26. The van der Waals surface area contributed by atoms with E-state index in [1.165, 1.54) is 11.8 Å². The summed E-state index contributed by atoms with van der Waals surface area (Å²) in [5, 5.41) is 1.25. The summed E-state index contributed by atoms with van der Waals surface area (Å²) in [4.78, 5) is 21.8. The van der Waals surface area contributed by atoms with Crippen molar-refractivity contribution < 1.29 is 4.74 Å². The van der Waals surface area contributed by atoms with Gasteiger partial charge in [-0.05, 0) is 11.8 Å². The molecule has 2 aromatic heterocycles. The van der Waals surface area contributed by atoms with E-state index in [4.69, 9.17) is 10.5 Å². The van der Waals surface area contributed by atoms with Crippen LogP contribution in [0.1, 0.15) is 0 Å². The molecule has 8 nitrogen and oxygen atoms in total. The van der Waals surface area contributed by atoms with Gasteiger partial charge in [-0.25, -0.2) is 4.98 Å². The highest BCUT2D eigenvalue weighted by molar-refractivity contribution is 7.99. The number of morpholine rings is 1. The Morgan fingerprint density at radius 1 is 1.26 bits per heavy atom. The normalized spacial score (nSPS) is 15.7. The highest BCUT2D eigenvalue weighted by atomic mass is 32.2. The second kappa shape index (κ2) is 5.41. The third-order valence-corrected chi connectivity index (χ3v) is 3.36. The molecule has 1 saturated heterocycles. The molecular formula is C10H13N7OS. The maximum absolute atomic E-state index is 5.73. The van der Waals surface area contributed by atoms with Crippen molar-refractivity contribution in [2.75, 3.05) is 36.9 Å². The largest absolute Gasteiger partial charge is 0.378 e. The first-order valence-corrected chi connectivity index (χ1v) is 6.64. The van der Waals surface area contributed by atoms with Crippen molar-refractivity contribution in [1.82, 2.24) is 24.9 Å². The Morgan fingerprint density at radius 3 is 2.84 bits per heavy atom. The fourth-order valence-corrected chi connectivity index (χ4v) is 2.38. The predicted molar refractivity (Wildman–Crippen MR) is 70.0 cm³/mol. The molecule has 0 saturated carbocycles. The number of H-pyrrole nitrogens is 1. The third kappa shape index (κ3) is 2.93. The van der Waals surface area contributed by atoms with Crippen molar-refractivity contribution in [2.24, 2.45) is 0 Å². The number of hydrogen-bond donors (Lipinski definition) is 2. The molecule has 0 atom stereocenters. The first kappa shape index (κ1) is 12.2. The van der Waals surface area contributed by atoms with Crippen LogP contribution >= 0.6 is 11.8 Å². The molecule has 0 radical (unpaired) electrons. The van der Waals surface area contributed by atoms with Crippen LogP contribution in [0.25, 0.3) is 0 Å². The fourth-order valence-electron chi connectivity index (χ4n) is 1.70. The van der Waals surface area contributed by atoms with E-state index in [1.807, 2.05) is 4.90 Å². The number of nitrogens with one attached hydrogen (secondary N) is 1. The number of nitrogen functional groups attached to an aromatic ring is 1. The van der Waals surface area contributed by atoms with E-state index in [2.05, 4.69) is 24.9 Å². The van der Waals surface area contributed by atoms with Crippen molar-refractivity contribution >= 4 is 23.7 Å². The number of imidazole rings is 1. The quantitative estimate of drug-likeness (QED) is 0.818. The Kier molecular flexibility index (Phi) is 3.47. The number of aromatic nitrogens is 5. The van der Waals surface area contributed by atoms with Crippen LogP contribution in [0.15, 0.2) is 22.7 Å². The minimum absolute atomic E-state index is 0.213. The number of nitrogens with zero attached hydrogens (tertiary/aromatic N) is 5. The minimum Gasteiger partial charge on any atom is -0.378 e. The molecule has 19 heavy (non-hydrogen) atoms. The van der Waals surface area contributed by atoms with Crippen molar-refractivity contribution in [3.05, 3.63) is 12.4 Å². The SMILES string of the molecule is Nc1nc(Sc2ncc[nH]2)nc(N2CCOCC2)n1. The molecule has 0 spiro atoms. The predicted octanol–water partition coefficient (Wildman–Crippen LogP) is 0.165. The van der Waals surface area contributed by atoms with Crippen LogP contribution in [0.2, 0.25) is 0 Å². The highest BCUT2D eigenvalue weighted by Crippen LogP contribution is 2.23. The van der Waals surface area contributed by atoms with Gasteiger partial charge in [0.2, 0.25) is 17.1 Å². The van der Waals surface area contributed by atoms with Gasteiger partial charge in [-0.15, -0.1) is 0 Å². The van der Waals surface area contributed by atoms with Gasteiger partial charge in [-0.1, -0.05) is 0 Å². The zero-order valence-corrected chi connectivity index (χ0v) is 10.9. The topological polar surface area (TPSA) is 106 Å².